The van der Waals surface area contributed by atoms with Gasteiger partial charge in [0.05, 0.1) is 25.4 Å². The third kappa shape index (κ3) is 5.99. The average molecular weight is 560 g/mol. The maximum atomic E-state index is 14.2. The minimum Gasteiger partial charge on any atom is -0.467 e. The number of amides is 2. The van der Waals surface area contributed by atoms with Crippen LogP contribution in [0.15, 0.2) is 77.4 Å². The molecule has 2 amide bonds. The molecule has 3 aromatic rings. The third-order valence-corrected chi connectivity index (χ3v) is 8.35. The number of carbonyl (C=O) groups is 2. The first-order valence-electron chi connectivity index (χ1n) is 13.9. The number of thiocarbonyl (C=S) groups is 1. The molecule has 40 heavy (non-hydrogen) atoms. The van der Waals surface area contributed by atoms with Crippen molar-refractivity contribution in [2.24, 2.45) is 0 Å². The van der Waals surface area contributed by atoms with Crippen molar-refractivity contribution in [1.82, 2.24) is 15.1 Å². The van der Waals surface area contributed by atoms with E-state index in [1.54, 1.807) is 11.2 Å². The van der Waals surface area contributed by atoms with E-state index in [9.17, 15) is 9.59 Å². The summed E-state index contributed by atoms with van der Waals surface area (Å²) in [5.74, 6) is 0.342. The van der Waals surface area contributed by atoms with Crippen LogP contribution < -0.4 is 15.5 Å². The lowest BCUT2D eigenvalue weighted by molar-refractivity contribution is -0.149. The number of nitrogens with zero attached hydrogens (tertiary/aromatic N) is 3. The van der Waals surface area contributed by atoms with Gasteiger partial charge < -0.3 is 29.8 Å². The van der Waals surface area contributed by atoms with Crippen molar-refractivity contribution in [2.75, 3.05) is 37.4 Å². The molecule has 1 unspecified atom stereocenters. The molecule has 1 atom stereocenters. The molecule has 8 nitrogen and oxygen atoms in total. The number of hydrogen-bond acceptors (Lipinski definition) is 5. The smallest absolute Gasteiger partial charge is 0.250 e. The summed E-state index contributed by atoms with van der Waals surface area (Å²) in [7, 11) is 3.96. The standard InChI is InChI=1S/C31H37N5O3S/c1-34(2)25-15-13-24(14-16-25)32-29(38)31(17-7-4-8-18-31)36(20-26-12-9-19-39-26)28(37)22-35-21-27(33-30(35)40)23-10-5-3-6-11-23/h3,5-6,9-16,19,27H,4,7-8,17-18,20-22H2,1-2H3,(H,32,38)(H,33,40). The highest BCUT2D eigenvalue weighted by Crippen LogP contribution is 2.37. The van der Waals surface area contributed by atoms with Crippen molar-refractivity contribution in [2.45, 2.75) is 50.2 Å². The molecule has 5 rings (SSSR count). The van der Waals surface area contributed by atoms with Gasteiger partial charge in [-0.25, -0.2) is 0 Å². The number of benzene rings is 2. The molecule has 2 N–H and O–H groups in total. The van der Waals surface area contributed by atoms with E-state index in [2.05, 4.69) is 22.8 Å². The second kappa shape index (κ2) is 12.1. The van der Waals surface area contributed by atoms with Crippen LogP contribution in [-0.2, 0) is 16.1 Å². The van der Waals surface area contributed by atoms with Crippen LogP contribution in [0.2, 0.25) is 0 Å². The van der Waals surface area contributed by atoms with Crippen LogP contribution in [0.25, 0.3) is 0 Å². The van der Waals surface area contributed by atoms with Crippen molar-refractivity contribution in [1.29, 1.82) is 0 Å². The van der Waals surface area contributed by atoms with Gasteiger partial charge in [-0.3, -0.25) is 9.59 Å². The van der Waals surface area contributed by atoms with Gasteiger partial charge in [0.1, 0.15) is 11.3 Å². The van der Waals surface area contributed by atoms with E-state index >= 15 is 0 Å². The van der Waals surface area contributed by atoms with E-state index in [1.165, 1.54) is 0 Å². The molecule has 0 bridgehead atoms. The monoisotopic (exact) mass is 559 g/mol. The molecule has 2 heterocycles. The van der Waals surface area contributed by atoms with Gasteiger partial charge in [0.15, 0.2) is 5.11 Å². The zero-order chi connectivity index (χ0) is 28.1. The number of carbonyl (C=O) groups excluding carboxylic acids is 2. The average Bonchev–Trinajstić information content (AvgIpc) is 3.62. The van der Waals surface area contributed by atoms with Crippen molar-refractivity contribution in [3.05, 3.63) is 84.3 Å². The topological polar surface area (TPSA) is 81.1 Å². The summed E-state index contributed by atoms with van der Waals surface area (Å²) in [6.07, 6.45) is 5.56. The molecular weight excluding hydrogens is 522 g/mol. The number of anilines is 2. The second-order valence-electron chi connectivity index (χ2n) is 10.8. The van der Waals surface area contributed by atoms with Crippen molar-refractivity contribution in [3.63, 3.8) is 0 Å². The van der Waals surface area contributed by atoms with E-state index in [0.717, 1.165) is 30.5 Å². The molecule has 1 aromatic heterocycles. The van der Waals surface area contributed by atoms with Crippen LogP contribution in [0.5, 0.6) is 0 Å². The third-order valence-electron chi connectivity index (χ3n) is 7.97. The molecule has 2 aliphatic rings. The minimum atomic E-state index is -0.990. The van der Waals surface area contributed by atoms with Crippen LogP contribution >= 0.6 is 12.2 Å². The molecule has 1 aliphatic heterocycles. The first-order chi connectivity index (χ1) is 19.4. The minimum absolute atomic E-state index is 0.0112. The number of nitrogens with one attached hydrogen (secondary N) is 2. The fourth-order valence-corrected chi connectivity index (χ4v) is 6.01. The predicted molar refractivity (Wildman–Crippen MR) is 161 cm³/mol. The second-order valence-corrected chi connectivity index (χ2v) is 11.2. The van der Waals surface area contributed by atoms with Crippen LogP contribution in [-0.4, -0.2) is 59.5 Å². The van der Waals surface area contributed by atoms with Gasteiger partial charge in [-0.05, 0) is 67.0 Å². The van der Waals surface area contributed by atoms with Crippen LogP contribution in [0.3, 0.4) is 0 Å². The molecule has 2 aromatic carbocycles. The Bertz CT molecular complexity index is 1300. The Hall–Kier alpha value is -3.85. The summed E-state index contributed by atoms with van der Waals surface area (Å²) in [6, 6.07) is 21.5. The van der Waals surface area contributed by atoms with Gasteiger partial charge in [-0.1, -0.05) is 49.6 Å². The van der Waals surface area contributed by atoms with Gasteiger partial charge >= 0.3 is 0 Å². The maximum absolute atomic E-state index is 14.2. The summed E-state index contributed by atoms with van der Waals surface area (Å²) >= 11 is 5.63. The lowest BCUT2D eigenvalue weighted by Gasteiger charge is -2.45. The molecule has 210 valence electrons. The first kappa shape index (κ1) is 27.7. The van der Waals surface area contributed by atoms with E-state index < -0.39 is 5.54 Å². The summed E-state index contributed by atoms with van der Waals surface area (Å²) in [5, 5.41) is 7.03. The molecule has 1 saturated heterocycles. The summed E-state index contributed by atoms with van der Waals surface area (Å²) in [5.41, 5.74) is 1.89. The molecule has 1 saturated carbocycles. The van der Waals surface area contributed by atoms with Crippen molar-refractivity contribution in [3.8, 4) is 0 Å². The van der Waals surface area contributed by atoms with Crippen LogP contribution in [0.1, 0.15) is 49.5 Å². The lowest BCUT2D eigenvalue weighted by atomic mass is 9.79. The van der Waals surface area contributed by atoms with Gasteiger partial charge in [0.25, 0.3) is 0 Å². The van der Waals surface area contributed by atoms with Crippen molar-refractivity contribution < 1.29 is 14.0 Å². The van der Waals surface area contributed by atoms with Gasteiger partial charge in [-0.2, -0.15) is 0 Å². The van der Waals surface area contributed by atoms with E-state index in [-0.39, 0.29) is 30.9 Å². The zero-order valence-corrected chi connectivity index (χ0v) is 24.0. The lowest BCUT2D eigenvalue weighted by Crippen LogP contribution is -2.61. The Morgan fingerprint density at radius 1 is 1.02 bits per heavy atom. The Kier molecular flexibility index (Phi) is 8.40. The summed E-state index contributed by atoms with van der Waals surface area (Å²) < 4.78 is 5.67. The molecule has 2 fully saturated rings. The Labute approximate surface area is 241 Å². The van der Waals surface area contributed by atoms with Crippen LogP contribution in [0.4, 0.5) is 11.4 Å². The van der Waals surface area contributed by atoms with E-state index in [4.69, 9.17) is 16.6 Å². The summed E-state index contributed by atoms with van der Waals surface area (Å²) in [4.78, 5) is 33.9. The molecule has 9 heteroatoms. The first-order valence-corrected chi connectivity index (χ1v) is 14.3. The van der Waals surface area contributed by atoms with E-state index in [1.807, 2.05) is 78.5 Å². The van der Waals surface area contributed by atoms with Gasteiger partial charge in [0, 0.05) is 32.0 Å². The molecular formula is C31H37N5O3S. The van der Waals surface area contributed by atoms with E-state index in [0.29, 0.717) is 35.9 Å². The Morgan fingerprint density at radius 2 is 1.75 bits per heavy atom. The maximum Gasteiger partial charge on any atom is 0.250 e. The van der Waals surface area contributed by atoms with Gasteiger partial charge in [0.2, 0.25) is 11.8 Å². The normalized spacial score (nSPS) is 18.2. The SMILES string of the molecule is CN(C)c1ccc(NC(=O)C2(N(Cc3ccco3)C(=O)CN3CC(c4ccccc4)NC3=S)CCCCC2)cc1. The highest BCUT2D eigenvalue weighted by Gasteiger charge is 2.48. The highest BCUT2D eigenvalue weighted by molar-refractivity contribution is 7.80. The number of furan rings is 1. The fraction of sp³-hybridized carbons (Fsp3) is 0.387. The fourth-order valence-electron chi connectivity index (χ4n) is 5.73. The number of hydrogen-bond donors (Lipinski definition) is 2. The Balaban J connectivity index is 1.40. The zero-order valence-electron chi connectivity index (χ0n) is 23.1. The van der Waals surface area contributed by atoms with Crippen molar-refractivity contribution >= 4 is 40.5 Å². The largest absolute Gasteiger partial charge is 0.467 e. The van der Waals surface area contributed by atoms with Crippen LogP contribution in [0, 0.1) is 0 Å². The summed E-state index contributed by atoms with van der Waals surface area (Å²) in [6.45, 7) is 0.887. The number of rotatable bonds is 9. The molecule has 0 spiro atoms. The molecule has 0 radical (unpaired) electrons. The highest BCUT2D eigenvalue weighted by atomic mass is 32.1. The molecule has 1 aliphatic carbocycles. The van der Waals surface area contributed by atoms with Gasteiger partial charge in [-0.15, -0.1) is 0 Å². The Morgan fingerprint density at radius 3 is 2.40 bits per heavy atom. The quantitative estimate of drug-likeness (QED) is 0.359. The predicted octanol–water partition coefficient (Wildman–Crippen LogP) is 4.95.